The number of anilines is 2. The zero-order valence-electron chi connectivity index (χ0n) is 16.1. The second kappa shape index (κ2) is 9.80. The van der Waals surface area contributed by atoms with Gasteiger partial charge in [-0.25, -0.2) is 9.97 Å². The van der Waals surface area contributed by atoms with Gasteiger partial charge in [0.1, 0.15) is 0 Å². The summed E-state index contributed by atoms with van der Waals surface area (Å²) in [5.74, 6) is 0.505. The summed E-state index contributed by atoms with van der Waals surface area (Å²) in [5, 5.41) is 5.63. The molecule has 1 aliphatic heterocycles. The van der Waals surface area contributed by atoms with Gasteiger partial charge < -0.3 is 15.5 Å². The zero-order valence-corrected chi connectivity index (χ0v) is 16.1. The van der Waals surface area contributed by atoms with Crippen molar-refractivity contribution in [1.29, 1.82) is 0 Å². The number of amides is 2. The first kappa shape index (κ1) is 19.8. The van der Waals surface area contributed by atoms with Gasteiger partial charge in [0.05, 0.1) is 0 Å². The van der Waals surface area contributed by atoms with Crippen LogP contribution in [0, 0.1) is 0 Å². The highest BCUT2D eigenvalue weighted by molar-refractivity contribution is 5.96. The van der Waals surface area contributed by atoms with Crippen molar-refractivity contribution in [3.63, 3.8) is 0 Å². The minimum absolute atomic E-state index is 0.127. The van der Waals surface area contributed by atoms with Crippen LogP contribution in [0.1, 0.15) is 23.7 Å². The van der Waals surface area contributed by atoms with Gasteiger partial charge in [-0.15, -0.1) is 0 Å². The van der Waals surface area contributed by atoms with Crippen molar-refractivity contribution in [2.75, 3.05) is 49.5 Å². The average Bonchev–Trinajstić information content (AvgIpc) is 2.72. The van der Waals surface area contributed by atoms with E-state index in [2.05, 4.69) is 30.4 Å². The third-order valence-electron chi connectivity index (χ3n) is 4.59. The lowest BCUT2D eigenvalue weighted by Gasteiger charge is -2.34. The Kier molecular flexibility index (Phi) is 6.91. The lowest BCUT2D eigenvalue weighted by molar-refractivity contribution is -0.114. The first-order chi connectivity index (χ1) is 13.6. The summed E-state index contributed by atoms with van der Waals surface area (Å²) in [5.41, 5.74) is 1.17. The number of rotatable bonds is 7. The minimum atomic E-state index is -0.156. The summed E-state index contributed by atoms with van der Waals surface area (Å²) < 4.78 is 0. The predicted molar refractivity (Wildman–Crippen MR) is 108 cm³/mol. The Bertz CT molecular complexity index is 790. The molecule has 8 nitrogen and oxygen atoms in total. The zero-order chi connectivity index (χ0) is 19.8. The predicted octanol–water partition coefficient (Wildman–Crippen LogP) is 1.38. The van der Waals surface area contributed by atoms with Gasteiger partial charge in [0.15, 0.2) is 0 Å². The maximum absolute atomic E-state index is 12.3. The molecule has 0 unspecified atom stereocenters. The van der Waals surface area contributed by atoms with Crippen molar-refractivity contribution in [2.24, 2.45) is 0 Å². The smallest absolute Gasteiger partial charge is 0.251 e. The lowest BCUT2D eigenvalue weighted by Crippen LogP contribution is -2.47. The van der Waals surface area contributed by atoms with Crippen LogP contribution in [0.5, 0.6) is 0 Å². The van der Waals surface area contributed by atoms with Gasteiger partial charge in [0.2, 0.25) is 11.9 Å². The van der Waals surface area contributed by atoms with Crippen LogP contribution in [0.3, 0.4) is 0 Å². The van der Waals surface area contributed by atoms with E-state index < -0.39 is 0 Å². The van der Waals surface area contributed by atoms with Crippen LogP contribution in [0.15, 0.2) is 42.7 Å². The SMILES string of the molecule is CC(=O)Nc1cccc(C(=O)NCCCN2CCN(c3ncccn3)CC2)c1. The van der Waals surface area contributed by atoms with Gasteiger partial charge in [-0.2, -0.15) is 0 Å². The molecule has 0 atom stereocenters. The van der Waals surface area contributed by atoms with Crippen molar-refractivity contribution < 1.29 is 9.59 Å². The molecule has 1 aromatic heterocycles. The van der Waals surface area contributed by atoms with E-state index in [-0.39, 0.29) is 11.8 Å². The van der Waals surface area contributed by atoms with Gasteiger partial charge in [0.25, 0.3) is 5.91 Å². The second-order valence-electron chi connectivity index (χ2n) is 6.75. The van der Waals surface area contributed by atoms with Gasteiger partial charge in [-0.3, -0.25) is 14.5 Å². The van der Waals surface area contributed by atoms with Crippen LogP contribution in [0.4, 0.5) is 11.6 Å². The molecular formula is C20H26N6O2. The van der Waals surface area contributed by atoms with E-state index in [9.17, 15) is 9.59 Å². The fraction of sp³-hybridized carbons (Fsp3) is 0.400. The molecule has 0 bridgehead atoms. The Hall–Kier alpha value is -3.00. The van der Waals surface area contributed by atoms with Gasteiger partial charge in [-0.05, 0) is 37.2 Å². The number of carbonyl (C=O) groups is 2. The molecule has 2 N–H and O–H groups in total. The number of carbonyl (C=O) groups excluding carboxylic acids is 2. The van der Waals surface area contributed by atoms with Crippen molar-refractivity contribution >= 4 is 23.5 Å². The van der Waals surface area contributed by atoms with Gasteiger partial charge >= 0.3 is 0 Å². The van der Waals surface area contributed by atoms with E-state index in [0.29, 0.717) is 17.8 Å². The molecule has 0 radical (unpaired) electrons. The van der Waals surface area contributed by atoms with E-state index in [4.69, 9.17) is 0 Å². The monoisotopic (exact) mass is 382 g/mol. The third kappa shape index (κ3) is 5.75. The van der Waals surface area contributed by atoms with Gasteiger partial charge in [0, 0.05) is 63.3 Å². The largest absolute Gasteiger partial charge is 0.352 e. The maximum atomic E-state index is 12.3. The van der Waals surface area contributed by atoms with Crippen LogP contribution >= 0.6 is 0 Å². The van der Waals surface area contributed by atoms with E-state index >= 15 is 0 Å². The van der Waals surface area contributed by atoms with Crippen molar-refractivity contribution in [2.45, 2.75) is 13.3 Å². The third-order valence-corrected chi connectivity index (χ3v) is 4.59. The molecule has 1 aromatic carbocycles. The number of hydrogen-bond donors (Lipinski definition) is 2. The second-order valence-corrected chi connectivity index (χ2v) is 6.75. The molecule has 8 heteroatoms. The van der Waals surface area contributed by atoms with Crippen molar-refractivity contribution in [3.05, 3.63) is 48.3 Å². The summed E-state index contributed by atoms with van der Waals surface area (Å²) in [6, 6.07) is 8.77. The molecule has 0 spiro atoms. The number of hydrogen-bond acceptors (Lipinski definition) is 6. The maximum Gasteiger partial charge on any atom is 0.251 e. The van der Waals surface area contributed by atoms with E-state index in [1.165, 1.54) is 6.92 Å². The standard InChI is InChI=1S/C20H26N6O2/c1-16(27)24-18-6-2-5-17(15-18)19(28)21-9-4-10-25-11-13-26(14-12-25)20-22-7-3-8-23-20/h2-3,5-8,15H,4,9-14H2,1H3,(H,21,28)(H,24,27). The van der Waals surface area contributed by atoms with Crippen LogP contribution < -0.4 is 15.5 Å². The first-order valence-corrected chi connectivity index (χ1v) is 9.52. The highest BCUT2D eigenvalue weighted by Gasteiger charge is 2.18. The number of aromatic nitrogens is 2. The van der Waals surface area contributed by atoms with Crippen molar-refractivity contribution in [1.82, 2.24) is 20.2 Å². The Morgan fingerprint density at radius 1 is 1.07 bits per heavy atom. The highest BCUT2D eigenvalue weighted by Crippen LogP contribution is 2.11. The summed E-state index contributed by atoms with van der Waals surface area (Å²) in [6.07, 6.45) is 4.42. The molecule has 1 fully saturated rings. The first-order valence-electron chi connectivity index (χ1n) is 9.52. The van der Waals surface area contributed by atoms with E-state index in [0.717, 1.165) is 45.1 Å². The lowest BCUT2D eigenvalue weighted by atomic mass is 10.2. The molecule has 148 valence electrons. The summed E-state index contributed by atoms with van der Waals surface area (Å²) >= 11 is 0. The molecule has 28 heavy (non-hydrogen) atoms. The van der Waals surface area contributed by atoms with Crippen LogP contribution in [-0.4, -0.2) is 66.0 Å². The van der Waals surface area contributed by atoms with Crippen molar-refractivity contribution in [3.8, 4) is 0 Å². The number of piperazine rings is 1. The Labute approximate surface area is 165 Å². The number of benzene rings is 1. The Morgan fingerprint density at radius 3 is 2.54 bits per heavy atom. The highest BCUT2D eigenvalue weighted by atomic mass is 16.2. The molecule has 0 aliphatic carbocycles. The number of nitrogens with zero attached hydrogens (tertiary/aromatic N) is 4. The summed E-state index contributed by atoms with van der Waals surface area (Å²) in [7, 11) is 0. The van der Waals surface area contributed by atoms with Crippen LogP contribution in [0.25, 0.3) is 0 Å². The number of nitrogens with one attached hydrogen (secondary N) is 2. The fourth-order valence-electron chi connectivity index (χ4n) is 3.17. The normalized spacial score (nSPS) is 14.5. The minimum Gasteiger partial charge on any atom is -0.352 e. The molecule has 2 amide bonds. The van der Waals surface area contributed by atoms with Gasteiger partial charge in [-0.1, -0.05) is 6.07 Å². The topological polar surface area (TPSA) is 90.5 Å². The van der Waals surface area contributed by atoms with E-state index in [1.54, 1.807) is 36.7 Å². The summed E-state index contributed by atoms with van der Waals surface area (Å²) in [4.78, 5) is 36.6. The van der Waals surface area contributed by atoms with E-state index in [1.807, 2.05) is 6.07 Å². The molecule has 3 rings (SSSR count). The molecular weight excluding hydrogens is 356 g/mol. The molecule has 2 heterocycles. The Balaban J connectivity index is 1.36. The van der Waals surface area contributed by atoms with Crippen LogP contribution in [-0.2, 0) is 4.79 Å². The summed E-state index contributed by atoms with van der Waals surface area (Å²) in [6.45, 7) is 6.74. The quantitative estimate of drug-likeness (QED) is 0.703. The Morgan fingerprint density at radius 2 is 1.82 bits per heavy atom. The molecule has 1 saturated heterocycles. The average molecular weight is 382 g/mol. The molecule has 1 aliphatic rings. The molecule has 0 saturated carbocycles. The molecule has 2 aromatic rings. The fourth-order valence-corrected chi connectivity index (χ4v) is 3.17. The van der Waals surface area contributed by atoms with Crippen LogP contribution in [0.2, 0.25) is 0 Å².